The zero-order valence-electron chi connectivity index (χ0n) is 52.4. The van der Waals surface area contributed by atoms with Crippen molar-refractivity contribution in [2.24, 2.45) is 10.8 Å². The molecule has 3 unspecified atom stereocenters. The summed E-state index contributed by atoms with van der Waals surface area (Å²) < 4.78 is 24.8. The van der Waals surface area contributed by atoms with Crippen LogP contribution in [-0.4, -0.2) is 108 Å². The molecule has 4 atom stereocenters. The van der Waals surface area contributed by atoms with Gasteiger partial charge in [-0.3, -0.25) is 28.8 Å². The predicted octanol–water partition coefficient (Wildman–Crippen LogP) is 11.1. The van der Waals surface area contributed by atoms with Crippen LogP contribution in [0.3, 0.4) is 0 Å². The van der Waals surface area contributed by atoms with E-state index in [0.717, 1.165) is 46.2 Å². The molecule has 0 spiro atoms. The molecular formula is C72H90N4O12. The fraction of sp³-hybridized carbons (Fsp3) is 0.472. The Kier molecular flexibility index (Phi) is 25.5. The minimum atomic E-state index is -0.851. The van der Waals surface area contributed by atoms with Gasteiger partial charge in [-0.15, -0.1) is 0 Å². The second-order valence-corrected chi connectivity index (χ2v) is 24.5. The molecule has 0 aliphatic carbocycles. The van der Waals surface area contributed by atoms with Crippen LogP contribution in [0.2, 0.25) is 0 Å². The summed E-state index contributed by atoms with van der Waals surface area (Å²) in [6.45, 7) is 12.8. The third-order valence-electron chi connectivity index (χ3n) is 17.1. The van der Waals surface area contributed by atoms with Crippen molar-refractivity contribution in [3.63, 3.8) is 0 Å². The van der Waals surface area contributed by atoms with Gasteiger partial charge < -0.3 is 39.4 Å². The van der Waals surface area contributed by atoms with Gasteiger partial charge in [-0.1, -0.05) is 151 Å². The van der Waals surface area contributed by atoms with Crippen molar-refractivity contribution in [3.05, 3.63) is 167 Å². The highest BCUT2D eigenvalue weighted by Gasteiger charge is 2.43. The number of hydrogen-bond donors (Lipinski definition) is 2. The summed E-state index contributed by atoms with van der Waals surface area (Å²) in [6, 6.07) is 40.4. The molecule has 0 saturated carbocycles. The first-order valence-corrected chi connectivity index (χ1v) is 31.6. The fourth-order valence-electron chi connectivity index (χ4n) is 10.8. The molecule has 0 aromatic heterocycles. The zero-order valence-corrected chi connectivity index (χ0v) is 52.4. The van der Waals surface area contributed by atoms with E-state index in [4.69, 9.17) is 18.9 Å². The van der Waals surface area contributed by atoms with Gasteiger partial charge >= 0.3 is 11.9 Å². The highest BCUT2D eigenvalue weighted by molar-refractivity contribution is 6.38. The zero-order chi connectivity index (χ0) is 63.1. The number of nitrogens with zero attached hydrogens (tertiary/aromatic N) is 2. The molecule has 0 bridgehead atoms. The van der Waals surface area contributed by atoms with Crippen molar-refractivity contribution in [3.8, 4) is 11.5 Å². The Morgan fingerprint density at radius 1 is 0.489 bits per heavy atom. The smallest absolute Gasteiger partial charge is 0.329 e. The molecule has 16 heteroatoms. The first kappa shape index (κ1) is 67.4. The van der Waals surface area contributed by atoms with Crippen molar-refractivity contribution in [2.75, 3.05) is 39.4 Å². The van der Waals surface area contributed by atoms with Gasteiger partial charge in [0.25, 0.3) is 11.8 Å². The first-order chi connectivity index (χ1) is 42.3. The van der Waals surface area contributed by atoms with Crippen molar-refractivity contribution >= 4 is 47.1 Å². The van der Waals surface area contributed by atoms with E-state index >= 15 is 0 Å². The van der Waals surface area contributed by atoms with Gasteiger partial charge in [0.15, 0.2) is 0 Å². The highest BCUT2D eigenvalue weighted by atomic mass is 16.6. The molecular weight excluding hydrogens is 1110 g/mol. The average Bonchev–Trinajstić information content (AvgIpc) is 3.00. The van der Waals surface area contributed by atoms with Gasteiger partial charge in [-0.05, 0) is 148 Å². The van der Waals surface area contributed by atoms with E-state index in [1.165, 1.54) is 9.80 Å². The molecule has 2 fully saturated rings. The quantitative estimate of drug-likeness (QED) is 0.0235. The number of nitrogens with one attached hydrogen (secondary N) is 2. The van der Waals surface area contributed by atoms with Gasteiger partial charge in [0, 0.05) is 37.0 Å². The number of likely N-dealkylation sites (tertiary alicyclic amines) is 2. The van der Waals surface area contributed by atoms with Gasteiger partial charge in [0.05, 0.1) is 26.1 Å². The van der Waals surface area contributed by atoms with Crippen LogP contribution < -0.4 is 20.1 Å². The van der Waals surface area contributed by atoms with E-state index in [1.54, 1.807) is 27.7 Å². The lowest BCUT2D eigenvalue weighted by molar-refractivity contribution is -0.165. The van der Waals surface area contributed by atoms with E-state index in [9.17, 15) is 38.4 Å². The van der Waals surface area contributed by atoms with Crippen LogP contribution in [0.4, 0.5) is 0 Å². The number of ether oxygens (including phenoxy) is 4. The largest absolute Gasteiger partial charge is 0.494 e. The number of hydrogen-bond acceptors (Lipinski definition) is 12. The van der Waals surface area contributed by atoms with Crippen molar-refractivity contribution in [1.29, 1.82) is 0 Å². The third-order valence-corrected chi connectivity index (χ3v) is 17.1. The minimum absolute atomic E-state index is 0.144. The van der Waals surface area contributed by atoms with Crippen LogP contribution in [0, 0.1) is 10.8 Å². The second-order valence-electron chi connectivity index (χ2n) is 24.5. The third kappa shape index (κ3) is 19.9. The van der Waals surface area contributed by atoms with Gasteiger partial charge in [0.2, 0.25) is 23.4 Å². The number of benzene rings is 5. The lowest BCUT2D eigenvalue weighted by atomic mass is 9.84. The summed E-state index contributed by atoms with van der Waals surface area (Å²) in [4.78, 5) is 110. The summed E-state index contributed by atoms with van der Waals surface area (Å²) in [6.07, 6.45) is 7.14. The molecule has 2 heterocycles. The number of piperidine rings is 2. The number of amides is 4. The molecule has 16 nitrogen and oxygen atoms in total. The fourth-order valence-corrected chi connectivity index (χ4v) is 10.8. The monoisotopic (exact) mass is 1200 g/mol. The Morgan fingerprint density at radius 2 is 0.875 bits per heavy atom. The first-order valence-electron chi connectivity index (χ1n) is 31.6. The lowest BCUT2D eigenvalue weighted by Gasteiger charge is -2.36. The molecule has 88 heavy (non-hydrogen) atoms. The maximum absolute atomic E-state index is 14.0. The van der Waals surface area contributed by atoms with Crippen LogP contribution in [0.15, 0.2) is 133 Å². The van der Waals surface area contributed by atoms with Crippen LogP contribution in [0.25, 0.3) is 0 Å². The summed E-state index contributed by atoms with van der Waals surface area (Å²) >= 11 is 0. The molecule has 470 valence electrons. The van der Waals surface area contributed by atoms with Gasteiger partial charge in [-0.25, -0.2) is 9.59 Å². The molecule has 2 N–H and O–H groups in total. The molecule has 5 aromatic rings. The Hall–Kier alpha value is -8.14. The minimum Gasteiger partial charge on any atom is -0.494 e. The predicted molar refractivity (Wildman–Crippen MR) is 337 cm³/mol. The number of aryl methyl sites for hydroxylation is 2. The van der Waals surface area contributed by atoms with E-state index in [2.05, 4.69) is 10.6 Å². The molecule has 2 aliphatic heterocycles. The summed E-state index contributed by atoms with van der Waals surface area (Å²) in [7, 11) is 0. The summed E-state index contributed by atoms with van der Waals surface area (Å²) in [5, 5.41) is 5.93. The summed E-state index contributed by atoms with van der Waals surface area (Å²) in [5.74, 6) is -2.43. The summed E-state index contributed by atoms with van der Waals surface area (Å²) in [5.41, 5.74) is 3.62. The lowest BCUT2D eigenvalue weighted by Crippen LogP contribution is -2.53. The van der Waals surface area contributed by atoms with E-state index in [1.807, 2.05) is 147 Å². The van der Waals surface area contributed by atoms with Crippen molar-refractivity contribution in [1.82, 2.24) is 20.4 Å². The SMILES string of the molecule is CCC(C)(C)C(=O)C(=O)N1CCCCC1C(=O)OC(CCc1ccccc1)c1cccc(OCCCNC(=O)Cc2ccc(CC(=O)NCCCOc3cccc([C@@H](CCc4ccccc4)OC(=O)C4CCCCN4C(=O)C(=O)C(C)(C)CC)c3)cc2)c1. The number of rotatable bonds is 32. The van der Waals surface area contributed by atoms with Crippen LogP contribution in [0.1, 0.15) is 164 Å². The van der Waals surface area contributed by atoms with Crippen LogP contribution >= 0.6 is 0 Å². The highest BCUT2D eigenvalue weighted by Crippen LogP contribution is 2.33. The van der Waals surface area contributed by atoms with E-state index in [-0.39, 0.29) is 24.7 Å². The number of esters is 2. The number of carbonyl (C=O) groups excluding carboxylic acids is 8. The standard InChI is InChI=1S/C72H90N4O12/c1-7-71(3,4)65(79)67(81)75-43-17-15-31-59(75)69(83)87-61(39-37-51-23-11-9-12-24-51)55-27-19-29-57(49-55)85-45-21-41-73-63(77)47-53-33-35-54(36-34-53)48-64(78)74-42-22-46-86-58-30-20-28-56(50-58)62(40-38-52-25-13-10-14-26-52)88-70(84)60-32-16-18-44-76(60)68(82)66(80)72(5,6)8-2/h9-14,19-20,23-30,33-36,49-50,59-62H,7-8,15-18,21-22,31-32,37-48H2,1-6H3,(H,73,77)(H,74,78)/t59?,60?,61-,62?/m1/s1. The Balaban J connectivity index is 0.826. The van der Waals surface area contributed by atoms with Crippen molar-refractivity contribution < 1.29 is 57.3 Å². The van der Waals surface area contributed by atoms with Gasteiger partial charge in [0.1, 0.15) is 35.8 Å². The number of Topliss-reactive ketones (excluding diaryl/α,β-unsaturated/α-hetero) is 2. The maximum atomic E-state index is 14.0. The molecule has 2 aliphatic rings. The molecule has 7 rings (SSSR count). The topological polar surface area (TPSA) is 204 Å². The van der Waals surface area contributed by atoms with Crippen LogP contribution in [0.5, 0.6) is 11.5 Å². The van der Waals surface area contributed by atoms with Crippen LogP contribution in [-0.2, 0) is 73.5 Å². The molecule has 0 radical (unpaired) electrons. The normalized spacial score (nSPS) is 15.9. The van der Waals surface area contributed by atoms with E-state index < -0.39 is 70.4 Å². The number of carbonyl (C=O) groups is 8. The van der Waals surface area contributed by atoms with E-state index in [0.29, 0.717) is 128 Å². The molecule has 2 saturated heterocycles. The molecule has 5 aromatic carbocycles. The maximum Gasteiger partial charge on any atom is 0.329 e. The Morgan fingerprint density at radius 3 is 1.25 bits per heavy atom. The Bertz CT molecular complexity index is 2920. The molecule has 4 amide bonds. The van der Waals surface area contributed by atoms with Gasteiger partial charge in [-0.2, -0.15) is 0 Å². The Labute approximate surface area is 519 Å². The van der Waals surface area contributed by atoms with Crippen molar-refractivity contribution in [2.45, 2.75) is 169 Å². The second kappa shape index (κ2) is 33.3. The number of ketones is 2. The average molecular weight is 1200 g/mol.